The quantitative estimate of drug-likeness (QED) is 0.640. The Hall–Kier alpha value is -2.16. The molecule has 0 amide bonds. The monoisotopic (exact) mass is 313 g/mol. The molecule has 1 N–H and O–H groups in total. The Labute approximate surface area is 139 Å². The minimum atomic E-state index is 0.179. The average Bonchev–Trinajstić information content (AvgIpc) is 2.54. The molecule has 0 saturated carbocycles. The van der Waals surface area contributed by atoms with E-state index in [2.05, 4.69) is 18.3 Å². The van der Waals surface area contributed by atoms with Gasteiger partial charge in [0.05, 0.1) is 12.7 Å². The molecule has 0 spiro atoms. The molecular weight excluding hydrogens is 286 g/mol. The topological polar surface area (TPSA) is 30.5 Å². The van der Waals surface area contributed by atoms with Gasteiger partial charge in [0.1, 0.15) is 11.5 Å². The SMILES string of the molecule is CCCCOc1ccccc1CNc1cccc(OC(C)C)c1. The van der Waals surface area contributed by atoms with Crippen LogP contribution < -0.4 is 14.8 Å². The Kier molecular flexibility index (Phi) is 6.79. The fraction of sp³-hybridized carbons (Fsp3) is 0.400. The van der Waals surface area contributed by atoms with E-state index in [0.717, 1.165) is 43.2 Å². The summed E-state index contributed by atoms with van der Waals surface area (Å²) in [7, 11) is 0. The number of hydrogen-bond donors (Lipinski definition) is 1. The third-order valence-electron chi connectivity index (χ3n) is 3.42. The molecule has 124 valence electrons. The summed E-state index contributed by atoms with van der Waals surface area (Å²) < 4.78 is 11.6. The lowest BCUT2D eigenvalue weighted by molar-refractivity contribution is 0.242. The first kappa shape index (κ1) is 17.2. The van der Waals surface area contributed by atoms with Gasteiger partial charge >= 0.3 is 0 Å². The lowest BCUT2D eigenvalue weighted by atomic mass is 10.2. The van der Waals surface area contributed by atoms with Gasteiger partial charge in [0, 0.05) is 23.9 Å². The molecular formula is C20H27NO2. The molecule has 0 heterocycles. The maximum absolute atomic E-state index is 5.88. The maximum atomic E-state index is 5.88. The number of rotatable bonds is 9. The van der Waals surface area contributed by atoms with E-state index in [-0.39, 0.29) is 6.10 Å². The fourth-order valence-corrected chi connectivity index (χ4v) is 2.27. The van der Waals surface area contributed by atoms with Gasteiger partial charge < -0.3 is 14.8 Å². The van der Waals surface area contributed by atoms with E-state index in [0.29, 0.717) is 0 Å². The first-order valence-corrected chi connectivity index (χ1v) is 8.40. The van der Waals surface area contributed by atoms with Gasteiger partial charge in [-0.3, -0.25) is 0 Å². The average molecular weight is 313 g/mol. The Bertz CT molecular complexity index is 596. The molecule has 0 unspecified atom stereocenters. The maximum Gasteiger partial charge on any atom is 0.124 e. The van der Waals surface area contributed by atoms with Crippen molar-refractivity contribution in [3.05, 3.63) is 54.1 Å². The summed E-state index contributed by atoms with van der Waals surface area (Å²) in [5, 5.41) is 3.45. The zero-order chi connectivity index (χ0) is 16.5. The number of para-hydroxylation sites is 1. The Morgan fingerprint density at radius 2 is 1.87 bits per heavy atom. The highest BCUT2D eigenvalue weighted by molar-refractivity contribution is 5.49. The third kappa shape index (κ3) is 5.85. The summed E-state index contributed by atoms with van der Waals surface area (Å²) in [5.41, 5.74) is 2.21. The zero-order valence-electron chi connectivity index (χ0n) is 14.3. The summed E-state index contributed by atoms with van der Waals surface area (Å²) in [5.74, 6) is 1.85. The molecule has 0 aliphatic heterocycles. The third-order valence-corrected chi connectivity index (χ3v) is 3.42. The van der Waals surface area contributed by atoms with Crippen LogP contribution in [0.25, 0.3) is 0 Å². The number of benzene rings is 2. The Morgan fingerprint density at radius 1 is 1.04 bits per heavy atom. The van der Waals surface area contributed by atoms with Crippen LogP contribution in [-0.4, -0.2) is 12.7 Å². The second kappa shape index (κ2) is 9.09. The van der Waals surface area contributed by atoms with Crippen LogP contribution in [0.5, 0.6) is 11.5 Å². The van der Waals surface area contributed by atoms with E-state index in [9.17, 15) is 0 Å². The van der Waals surface area contributed by atoms with Crippen LogP contribution in [0.2, 0.25) is 0 Å². The standard InChI is InChI=1S/C20H27NO2/c1-4-5-13-22-20-12-7-6-9-17(20)15-21-18-10-8-11-19(14-18)23-16(2)3/h6-12,14,16,21H,4-5,13,15H2,1-3H3. The molecule has 2 aromatic carbocycles. The van der Waals surface area contributed by atoms with E-state index in [1.165, 1.54) is 5.56 Å². The molecule has 2 aromatic rings. The van der Waals surface area contributed by atoms with Crippen LogP contribution in [0.1, 0.15) is 39.2 Å². The lowest BCUT2D eigenvalue weighted by Crippen LogP contribution is -2.06. The van der Waals surface area contributed by atoms with Crippen molar-refractivity contribution < 1.29 is 9.47 Å². The molecule has 0 saturated heterocycles. The fourth-order valence-electron chi connectivity index (χ4n) is 2.27. The van der Waals surface area contributed by atoms with Crippen LogP contribution in [0.4, 0.5) is 5.69 Å². The van der Waals surface area contributed by atoms with E-state index < -0.39 is 0 Å². The van der Waals surface area contributed by atoms with Crippen LogP contribution in [0.15, 0.2) is 48.5 Å². The number of anilines is 1. The normalized spacial score (nSPS) is 10.6. The van der Waals surface area contributed by atoms with E-state index in [4.69, 9.17) is 9.47 Å². The summed E-state index contributed by atoms with van der Waals surface area (Å²) in [4.78, 5) is 0. The molecule has 2 rings (SSSR count). The summed E-state index contributed by atoms with van der Waals surface area (Å²) in [6, 6.07) is 16.3. The highest BCUT2D eigenvalue weighted by atomic mass is 16.5. The first-order chi connectivity index (χ1) is 11.2. The van der Waals surface area contributed by atoms with Gasteiger partial charge in [-0.2, -0.15) is 0 Å². The molecule has 0 bridgehead atoms. The molecule has 3 nitrogen and oxygen atoms in total. The summed E-state index contributed by atoms with van der Waals surface area (Å²) in [6.07, 6.45) is 2.40. The van der Waals surface area contributed by atoms with Crippen molar-refractivity contribution in [2.75, 3.05) is 11.9 Å². The molecule has 0 atom stereocenters. The molecule has 23 heavy (non-hydrogen) atoms. The summed E-state index contributed by atoms with van der Waals surface area (Å²) >= 11 is 0. The number of unbranched alkanes of at least 4 members (excludes halogenated alkanes) is 1. The van der Waals surface area contributed by atoms with Crippen molar-refractivity contribution in [3.63, 3.8) is 0 Å². The van der Waals surface area contributed by atoms with Gasteiger partial charge in [-0.25, -0.2) is 0 Å². The minimum Gasteiger partial charge on any atom is -0.493 e. The number of hydrogen-bond acceptors (Lipinski definition) is 3. The number of nitrogens with one attached hydrogen (secondary N) is 1. The van der Waals surface area contributed by atoms with Crippen LogP contribution >= 0.6 is 0 Å². The molecule has 0 fully saturated rings. The van der Waals surface area contributed by atoms with E-state index in [1.54, 1.807) is 0 Å². The van der Waals surface area contributed by atoms with E-state index in [1.807, 2.05) is 56.3 Å². The first-order valence-electron chi connectivity index (χ1n) is 8.40. The van der Waals surface area contributed by atoms with Crippen LogP contribution in [0.3, 0.4) is 0 Å². The van der Waals surface area contributed by atoms with Crippen molar-refractivity contribution in [3.8, 4) is 11.5 Å². The second-order valence-electron chi connectivity index (χ2n) is 5.86. The van der Waals surface area contributed by atoms with Crippen LogP contribution in [-0.2, 0) is 6.54 Å². The number of ether oxygens (including phenoxy) is 2. The van der Waals surface area contributed by atoms with Crippen molar-refractivity contribution in [1.82, 2.24) is 0 Å². The smallest absolute Gasteiger partial charge is 0.124 e. The van der Waals surface area contributed by atoms with Gasteiger partial charge in [-0.15, -0.1) is 0 Å². The molecule has 0 radical (unpaired) electrons. The van der Waals surface area contributed by atoms with Crippen molar-refractivity contribution in [1.29, 1.82) is 0 Å². The highest BCUT2D eigenvalue weighted by Crippen LogP contribution is 2.22. The van der Waals surface area contributed by atoms with Gasteiger partial charge in [-0.05, 0) is 38.5 Å². The van der Waals surface area contributed by atoms with Gasteiger partial charge in [0.25, 0.3) is 0 Å². The van der Waals surface area contributed by atoms with Gasteiger partial charge in [-0.1, -0.05) is 37.6 Å². The minimum absolute atomic E-state index is 0.179. The Balaban J connectivity index is 1.98. The molecule has 0 aliphatic carbocycles. The van der Waals surface area contributed by atoms with E-state index >= 15 is 0 Å². The molecule has 0 aromatic heterocycles. The van der Waals surface area contributed by atoms with Crippen molar-refractivity contribution in [2.45, 2.75) is 46.3 Å². The van der Waals surface area contributed by atoms with Gasteiger partial charge in [0.2, 0.25) is 0 Å². The Morgan fingerprint density at radius 3 is 2.65 bits per heavy atom. The predicted molar refractivity (Wildman–Crippen MR) is 96.4 cm³/mol. The summed E-state index contributed by atoms with van der Waals surface area (Å²) in [6.45, 7) is 7.73. The largest absolute Gasteiger partial charge is 0.493 e. The second-order valence-corrected chi connectivity index (χ2v) is 5.86. The van der Waals surface area contributed by atoms with Crippen LogP contribution in [0, 0.1) is 0 Å². The molecule has 0 aliphatic rings. The van der Waals surface area contributed by atoms with Gasteiger partial charge in [0.15, 0.2) is 0 Å². The molecule has 3 heteroatoms. The zero-order valence-corrected chi connectivity index (χ0v) is 14.3. The lowest BCUT2D eigenvalue weighted by Gasteiger charge is -2.14. The highest BCUT2D eigenvalue weighted by Gasteiger charge is 2.04. The van der Waals surface area contributed by atoms with Crippen molar-refractivity contribution >= 4 is 5.69 Å². The predicted octanol–water partition coefficient (Wildman–Crippen LogP) is 5.26. The van der Waals surface area contributed by atoms with Crippen molar-refractivity contribution in [2.24, 2.45) is 0 Å².